The van der Waals surface area contributed by atoms with E-state index in [4.69, 9.17) is 33.7 Å². The molecule has 0 saturated carbocycles. The van der Waals surface area contributed by atoms with Crippen LogP contribution in [0.2, 0.25) is 0 Å². The lowest BCUT2D eigenvalue weighted by molar-refractivity contribution is -0.149. The van der Waals surface area contributed by atoms with Crippen LogP contribution in [0.4, 0.5) is 32.3 Å². The van der Waals surface area contributed by atoms with Crippen LogP contribution in [0.15, 0.2) is 157 Å². The Morgan fingerprint density at radius 3 is 1.71 bits per heavy atom. The summed E-state index contributed by atoms with van der Waals surface area (Å²) in [4.78, 5) is 43.6. The molecule has 0 bridgehead atoms. The fourth-order valence-corrected chi connectivity index (χ4v) is 12.2. The van der Waals surface area contributed by atoms with E-state index in [-0.39, 0.29) is 28.6 Å². The van der Waals surface area contributed by atoms with Crippen molar-refractivity contribution in [2.75, 3.05) is 100 Å². The first kappa shape index (κ1) is 56.0. The molecule has 0 unspecified atom stereocenters. The van der Waals surface area contributed by atoms with E-state index in [1.807, 2.05) is 110 Å². The highest BCUT2D eigenvalue weighted by Crippen LogP contribution is 2.39. The molecule has 2 aromatic heterocycles. The standard InChI is InChI=1S/C63H67N9O9S/c1-4-5-27-71(82(75,76)50-21-26-60(77-3)59(39-50)67-61(73)66-57-24-22-51(53-13-6-8-15-55(53)57)44-17-19-47(64-40-44)42-69-28-32-78-33-29-69)72(49-12-10-11-46(38-49)63(2)80-36-37-81-63)62(74)68-58-25-23-52(54-14-7-9-16-56(54)58)45-18-20-48(65-41-45)43-70-30-34-79-35-31-70/h6-26,38-41H,4-5,27-37,42-43H2,1-3H3,(H,68,74)(H2,66,67,73). The van der Waals surface area contributed by atoms with Crippen molar-refractivity contribution >= 4 is 66.4 Å². The van der Waals surface area contributed by atoms with Crippen molar-refractivity contribution in [1.29, 1.82) is 0 Å². The lowest BCUT2D eigenvalue weighted by atomic mass is 9.98. The van der Waals surface area contributed by atoms with Crippen molar-refractivity contribution < 1.29 is 41.7 Å². The molecule has 82 heavy (non-hydrogen) atoms. The summed E-state index contributed by atoms with van der Waals surface area (Å²) in [6.07, 6.45) is 4.74. The number of fused-ring (bicyclic) bond motifs is 2. The zero-order chi connectivity index (χ0) is 56.6. The number of ether oxygens (including phenoxy) is 5. The molecule has 5 heterocycles. The van der Waals surface area contributed by atoms with Gasteiger partial charge in [0.1, 0.15) is 5.75 Å². The Kier molecular flexibility index (Phi) is 17.2. The fourth-order valence-electron chi connectivity index (χ4n) is 10.7. The largest absolute Gasteiger partial charge is 0.495 e. The SMILES string of the molecule is CCCCN(N(C(=O)Nc1ccc(-c2ccc(CN3CCOCC3)nc2)c2ccccc12)c1cccc(C2(C)OCCO2)c1)S(=O)(=O)c1ccc(OC)c(NC(=O)Nc2ccc(-c3ccc(CN4CCOCC4)nc3)c3ccccc23)c1. The Labute approximate surface area is 477 Å². The molecule has 6 aromatic carbocycles. The number of hydrogen-bond donors (Lipinski definition) is 3. The van der Waals surface area contributed by atoms with Crippen molar-refractivity contribution in [1.82, 2.24) is 24.2 Å². The first-order valence-corrected chi connectivity index (χ1v) is 29.2. The van der Waals surface area contributed by atoms with Crippen LogP contribution in [-0.4, -0.2) is 124 Å². The van der Waals surface area contributed by atoms with Crippen LogP contribution in [0.1, 0.15) is 43.6 Å². The van der Waals surface area contributed by atoms with Crippen LogP contribution < -0.4 is 25.7 Å². The molecule has 424 valence electrons. The fraction of sp³-hybridized carbons (Fsp3) is 0.302. The maximum atomic E-state index is 15.6. The third-order valence-electron chi connectivity index (χ3n) is 15.2. The number of hydrogen-bond acceptors (Lipinski definition) is 13. The van der Waals surface area contributed by atoms with Crippen molar-refractivity contribution in [2.45, 2.75) is 50.5 Å². The molecular formula is C63H67N9O9S. The van der Waals surface area contributed by atoms with Crippen LogP contribution in [0.5, 0.6) is 5.75 Å². The number of unbranched alkanes of at least 4 members (excludes halogenated alkanes) is 1. The Bertz CT molecular complexity index is 3680. The molecule has 19 heteroatoms. The number of benzene rings is 6. The predicted octanol–water partition coefficient (Wildman–Crippen LogP) is 11.1. The average Bonchev–Trinajstić information content (AvgIpc) is 4.12. The zero-order valence-electron chi connectivity index (χ0n) is 46.3. The molecule has 3 aliphatic heterocycles. The molecule has 18 nitrogen and oxygen atoms in total. The van der Waals surface area contributed by atoms with Gasteiger partial charge in [0.25, 0.3) is 10.0 Å². The average molecular weight is 1130 g/mol. The number of hydrazine groups is 1. The van der Waals surface area contributed by atoms with Crippen molar-refractivity contribution in [2.24, 2.45) is 0 Å². The summed E-state index contributed by atoms with van der Waals surface area (Å²) >= 11 is 0. The molecule has 0 radical (unpaired) electrons. The molecule has 3 aliphatic rings. The van der Waals surface area contributed by atoms with Gasteiger partial charge in [-0.05, 0) is 89.8 Å². The second-order valence-electron chi connectivity index (χ2n) is 20.5. The summed E-state index contributed by atoms with van der Waals surface area (Å²) in [6, 6.07) is 41.1. The summed E-state index contributed by atoms with van der Waals surface area (Å²) in [5, 5.41) is 13.4. The predicted molar refractivity (Wildman–Crippen MR) is 318 cm³/mol. The number of anilines is 4. The van der Waals surface area contributed by atoms with Crippen molar-refractivity contribution in [3.8, 4) is 28.0 Å². The van der Waals surface area contributed by atoms with Crippen LogP contribution in [0, 0.1) is 0 Å². The minimum absolute atomic E-state index is 0.0793. The molecule has 0 aliphatic carbocycles. The van der Waals surface area contributed by atoms with Crippen molar-refractivity contribution in [3.63, 3.8) is 0 Å². The van der Waals surface area contributed by atoms with Gasteiger partial charge in [-0.1, -0.05) is 98.3 Å². The number of urea groups is 2. The third kappa shape index (κ3) is 12.3. The van der Waals surface area contributed by atoms with Crippen LogP contribution in [-0.2, 0) is 47.8 Å². The van der Waals surface area contributed by atoms with Gasteiger partial charge in [-0.25, -0.2) is 23.0 Å². The number of morpholine rings is 2. The first-order valence-electron chi connectivity index (χ1n) is 27.8. The summed E-state index contributed by atoms with van der Waals surface area (Å²) in [5.74, 6) is -0.938. The van der Waals surface area contributed by atoms with Crippen LogP contribution >= 0.6 is 0 Å². The van der Waals surface area contributed by atoms with Gasteiger partial charge in [-0.3, -0.25) is 19.8 Å². The minimum Gasteiger partial charge on any atom is -0.495 e. The number of carbonyl (C=O) groups excluding carboxylic acids is 2. The van der Waals surface area contributed by atoms with Gasteiger partial charge in [0.05, 0.1) is 85.8 Å². The second-order valence-corrected chi connectivity index (χ2v) is 22.4. The molecule has 3 N–H and O–H groups in total. The number of pyridine rings is 2. The van der Waals surface area contributed by atoms with E-state index in [2.05, 4.69) is 37.9 Å². The Hall–Kier alpha value is -7.85. The highest BCUT2D eigenvalue weighted by molar-refractivity contribution is 7.89. The smallest absolute Gasteiger partial charge is 0.342 e. The topological polar surface area (TPSA) is 189 Å². The highest BCUT2D eigenvalue weighted by atomic mass is 32.2. The summed E-state index contributed by atoms with van der Waals surface area (Å²) in [7, 11) is -3.20. The van der Waals surface area contributed by atoms with Gasteiger partial charge in [-0.2, -0.15) is 0 Å². The van der Waals surface area contributed by atoms with E-state index >= 15 is 13.2 Å². The van der Waals surface area contributed by atoms with Gasteiger partial charge in [-0.15, -0.1) is 4.41 Å². The van der Waals surface area contributed by atoms with Crippen LogP contribution in [0.3, 0.4) is 0 Å². The van der Waals surface area contributed by atoms with E-state index in [0.29, 0.717) is 69.4 Å². The van der Waals surface area contributed by atoms with E-state index in [1.165, 1.54) is 25.3 Å². The summed E-state index contributed by atoms with van der Waals surface area (Å²) in [6.45, 7) is 12.1. The quantitative estimate of drug-likeness (QED) is 0.0689. The summed E-state index contributed by atoms with van der Waals surface area (Å²) < 4.78 is 61.0. The molecule has 8 aromatic rings. The van der Waals surface area contributed by atoms with Gasteiger partial charge >= 0.3 is 12.1 Å². The molecule has 3 saturated heterocycles. The lowest BCUT2D eigenvalue weighted by Crippen LogP contribution is -2.52. The van der Waals surface area contributed by atoms with Crippen LogP contribution in [0.25, 0.3) is 43.8 Å². The molecule has 11 rings (SSSR count). The Morgan fingerprint density at radius 2 is 1.17 bits per heavy atom. The van der Waals surface area contributed by atoms with Gasteiger partial charge in [0.2, 0.25) is 0 Å². The molecule has 4 amide bonds. The summed E-state index contributed by atoms with van der Waals surface area (Å²) in [5.41, 5.74) is 7.52. The minimum atomic E-state index is -4.64. The number of amides is 4. The van der Waals surface area contributed by atoms with Gasteiger partial charge in [0.15, 0.2) is 5.79 Å². The van der Waals surface area contributed by atoms with E-state index in [0.717, 1.165) is 104 Å². The van der Waals surface area contributed by atoms with E-state index in [1.54, 1.807) is 25.1 Å². The van der Waals surface area contributed by atoms with Crippen molar-refractivity contribution in [3.05, 3.63) is 169 Å². The third-order valence-corrected chi connectivity index (χ3v) is 16.9. The Morgan fingerprint density at radius 1 is 0.622 bits per heavy atom. The number of aromatic nitrogens is 2. The molecule has 0 atom stereocenters. The monoisotopic (exact) mass is 1130 g/mol. The highest BCUT2D eigenvalue weighted by Gasteiger charge is 2.38. The first-order chi connectivity index (χ1) is 40.0. The zero-order valence-corrected chi connectivity index (χ0v) is 47.1. The number of methoxy groups -OCH3 is 1. The maximum absolute atomic E-state index is 15.6. The molecular weight excluding hydrogens is 1060 g/mol. The number of carbonyl (C=O) groups is 2. The number of nitrogens with one attached hydrogen (secondary N) is 3. The lowest BCUT2D eigenvalue weighted by Gasteiger charge is -2.35. The van der Waals surface area contributed by atoms with Gasteiger partial charge < -0.3 is 39.6 Å². The molecule has 3 fully saturated rings. The second kappa shape index (κ2) is 25.1. The van der Waals surface area contributed by atoms with E-state index in [9.17, 15) is 4.79 Å². The number of nitrogens with zero attached hydrogens (tertiary/aromatic N) is 6. The van der Waals surface area contributed by atoms with Gasteiger partial charge in [0, 0.05) is 85.7 Å². The number of rotatable bonds is 18. The normalized spacial score (nSPS) is 15.9. The number of sulfonamides is 1. The molecule has 0 spiro atoms. The maximum Gasteiger partial charge on any atom is 0.342 e. The Balaban J connectivity index is 0.887. The van der Waals surface area contributed by atoms with E-state index < -0.39 is 27.9 Å².